The van der Waals surface area contributed by atoms with E-state index >= 15 is 0 Å². The number of nitro groups is 1. The topological polar surface area (TPSA) is 107 Å². The van der Waals surface area contributed by atoms with Crippen LogP contribution in [0, 0.1) is 15.9 Å². The largest absolute Gasteiger partial charge is 0.494 e. The summed E-state index contributed by atoms with van der Waals surface area (Å²) in [5.74, 6) is 0.0937. The van der Waals surface area contributed by atoms with Gasteiger partial charge in [-0.15, -0.1) is 0 Å². The van der Waals surface area contributed by atoms with Gasteiger partial charge < -0.3 is 19.2 Å². The summed E-state index contributed by atoms with van der Waals surface area (Å²) in [6.45, 7) is 2.24. The Balaban J connectivity index is 1.46. The predicted octanol–water partition coefficient (Wildman–Crippen LogP) is 4.57. The molecular weight excluding hydrogens is 465 g/mol. The van der Waals surface area contributed by atoms with Crippen LogP contribution in [0.5, 0.6) is 11.5 Å². The van der Waals surface area contributed by atoms with Crippen molar-refractivity contribution < 1.29 is 28.0 Å². The third-order valence-electron chi connectivity index (χ3n) is 4.74. The van der Waals surface area contributed by atoms with Gasteiger partial charge in [0.15, 0.2) is 10.9 Å². The molecule has 4 rings (SSSR count). The molecule has 1 aliphatic heterocycles. The van der Waals surface area contributed by atoms with E-state index in [0.29, 0.717) is 29.6 Å². The van der Waals surface area contributed by atoms with Crippen LogP contribution in [-0.2, 0) is 11.4 Å². The summed E-state index contributed by atoms with van der Waals surface area (Å²) in [4.78, 5) is 24.7. The first kappa shape index (κ1) is 22.9. The molecule has 0 bridgehead atoms. The molecule has 0 atom stereocenters. The third-order valence-corrected chi connectivity index (χ3v) is 5.03. The number of nitro benzene ring substituents is 1. The summed E-state index contributed by atoms with van der Waals surface area (Å²) in [6, 6.07) is 13.1. The van der Waals surface area contributed by atoms with Crippen LogP contribution in [0.1, 0.15) is 18.4 Å². The van der Waals surface area contributed by atoms with E-state index in [1.165, 1.54) is 11.0 Å². The summed E-state index contributed by atoms with van der Waals surface area (Å²) in [7, 11) is 0. The number of amides is 1. The average molecular weight is 483 g/mol. The maximum atomic E-state index is 13.5. The van der Waals surface area contributed by atoms with Crippen LogP contribution < -0.4 is 19.7 Å². The normalized spacial score (nSPS) is 14.4. The number of carbonyl (C=O) groups excluding carboxylic acids is 1. The zero-order valence-corrected chi connectivity index (χ0v) is 18.6. The number of ether oxygens (including phenoxy) is 2. The number of benzene rings is 2. The molecule has 11 heteroatoms. The second kappa shape index (κ2) is 9.71. The van der Waals surface area contributed by atoms with Crippen molar-refractivity contribution in [2.75, 3.05) is 11.5 Å². The Bertz CT molecular complexity index is 1290. The first-order valence-electron chi connectivity index (χ1n) is 10.1. The number of rotatable bonds is 8. The van der Waals surface area contributed by atoms with Crippen molar-refractivity contribution in [3.05, 3.63) is 87.7 Å². The highest BCUT2D eigenvalue weighted by Crippen LogP contribution is 2.29. The van der Waals surface area contributed by atoms with E-state index in [0.717, 1.165) is 18.2 Å². The van der Waals surface area contributed by atoms with Gasteiger partial charge >= 0.3 is 5.69 Å². The van der Waals surface area contributed by atoms with Crippen molar-refractivity contribution >= 4 is 40.7 Å². The minimum absolute atomic E-state index is 0.175. The predicted molar refractivity (Wildman–Crippen MR) is 125 cm³/mol. The fourth-order valence-corrected chi connectivity index (χ4v) is 3.52. The van der Waals surface area contributed by atoms with Crippen molar-refractivity contribution in [3.63, 3.8) is 0 Å². The van der Waals surface area contributed by atoms with Crippen molar-refractivity contribution in [2.24, 2.45) is 0 Å². The molecule has 9 nitrogen and oxygen atoms in total. The molecule has 174 valence electrons. The van der Waals surface area contributed by atoms with E-state index in [1.807, 2.05) is 6.92 Å². The number of carbonyl (C=O) groups is 1. The second-order valence-corrected chi connectivity index (χ2v) is 7.40. The van der Waals surface area contributed by atoms with Gasteiger partial charge in [-0.05, 0) is 61.6 Å². The van der Waals surface area contributed by atoms with Gasteiger partial charge in [-0.2, -0.15) is 0 Å². The van der Waals surface area contributed by atoms with E-state index in [2.05, 4.69) is 5.32 Å². The van der Waals surface area contributed by atoms with E-state index in [1.54, 1.807) is 36.4 Å². The zero-order valence-electron chi connectivity index (χ0n) is 17.8. The highest BCUT2D eigenvalue weighted by Gasteiger charge is 2.32. The zero-order chi connectivity index (χ0) is 24.2. The summed E-state index contributed by atoms with van der Waals surface area (Å²) >= 11 is 5.31. The van der Waals surface area contributed by atoms with Gasteiger partial charge in [-0.1, -0.05) is 0 Å². The maximum Gasteiger partial charge on any atom is 0.311 e. The van der Waals surface area contributed by atoms with Gasteiger partial charge in [0.2, 0.25) is 0 Å². The highest BCUT2D eigenvalue weighted by atomic mass is 32.1. The van der Waals surface area contributed by atoms with E-state index < -0.39 is 10.7 Å². The Labute approximate surface area is 198 Å². The molecule has 34 heavy (non-hydrogen) atoms. The van der Waals surface area contributed by atoms with Crippen LogP contribution in [0.2, 0.25) is 0 Å². The van der Waals surface area contributed by atoms with Crippen molar-refractivity contribution in [3.8, 4) is 11.5 Å². The summed E-state index contributed by atoms with van der Waals surface area (Å²) < 4.78 is 29.9. The quantitative estimate of drug-likeness (QED) is 0.215. The van der Waals surface area contributed by atoms with Crippen LogP contribution in [0.15, 0.2) is 64.7 Å². The summed E-state index contributed by atoms with van der Waals surface area (Å²) in [5, 5.41) is 14.2. The van der Waals surface area contributed by atoms with Crippen LogP contribution in [-0.4, -0.2) is 22.5 Å². The summed E-state index contributed by atoms with van der Waals surface area (Å²) in [6.07, 6.45) is 1.48. The van der Waals surface area contributed by atoms with Gasteiger partial charge in [0.05, 0.1) is 17.2 Å². The van der Waals surface area contributed by atoms with Gasteiger partial charge in [-0.25, -0.2) is 4.39 Å². The molecule has 1 saturated heterocycles. The van der Waals surface area contributed by atoms with Crippen molar-refractivity contribution in [1.82, 2.24) is 5.32 Å². The number of halogens is 1. The molecule has 2 heterocycles. The van der Waals surface area contributed by atoms with Crippen LogP contribution in [0.4, 0.5) is 15.8 Å². The van der Waals surface area contributed by atoms with Crippen LogP contribution in [0.3, 0.4) is 0 Å². The average Bonchev–Trinajstić information content (AvgIpc) is 3.36. The molecule has 0 radical (unpaired) electrons. The smallest absolute Gasteiger partial charge is 0.311 e. The van der Waals surface area contributed by atoms with Crippen LogP contribution in [0.25, 0.3) is 6.08 Å². The SMILES string of the molecule is CCOc1ccc(N2C(=O)/C(=C\c3ccc(COc4cc(F)ccc4[N+](=O)[O-])o3)NC2=S)cc1. The molecular formula is C23H18FN3O6S. The second-order valence-electron chi connectivity index (χ2n) is 7.02. The van der Waals surface area contributed by atoms with E-state index in [4.69, 9.17) is 26.1 Å². The third kappa shape index (κ3) is 4.89. The molecule has 1 aliphatic rings. The first-order valence-corrected chi connectivity index (χ1v) is 10.5. The molecule has 0 aliphatic carbocycles. The molecule has 0 saturated carbocycles. The first-order chi connectivity index (χ1) is 16.4. The van der Waals surface area contributed by atoms with Gasteiger partial charge in [0.1, 0.15) is 35.4 Å². The molecule has 3 aromatic rings. The Hall–Kier alpha value is -4.25. The number of nitrogens with zero attached hydrogens (tertiary/aromatic N) is 2. The van der Waals surface area contributed by atoms with Gasteiger partial charge in [0, 0.05) is 18.2 Å². The fraction of sp³-hybridized carbons (Fsp3) is 0.130. The number of thiocarbonyl (C=S) groups is 1. The fourth-order valence-electron chi connectivity index (χ4n) is 3.22. The lowest BCUT2D eigenvalue weighted by Gasteiger charge is -2.14. The van der Waals surface area contributed by atoms with E-state index in [-0.39, 0.29) is 34.8 Å². The Morgan fingerprint density at radius 1 is 1.18 bits per heavy atom. The number of hydrogen-bond acceptors (Lipinski definition) is 7. The maximum absolute atomic E-state index is 13.5. The molecule has 2 aromatic carbocycles. The molecule has 1 aromatic heterocycles. The molecule has 0 unspecified atom stereocenters. The number of hydrogen-bond donors (Lipinski definition) is 1. The molecule has 1 N–H and O–H groups in total. The molecule has 1 fully saturated rings. The monoisotopic (exact) mass is 483 g/mol. The standard InChI is InChI=1S/C23H18FN3O6S/c1-2-31-16-6-4-15(5-7-16)26-22(28)19(25-23(26)34)12-17-8-9-18(33-17)13-32-21-11-14(24)3-10-20(21)27(29)30/h3-12H,2,13H2,1H3,(H,25,34)/b19-12+. The highest BCUT2D eigenvalue weighted by molar-refractivity contribution is 7.80. The van der Waals surface area contributed by atoms with Crippen molar-refractivity contribution in [2.45, 2.75) is 13.5 Å². The lowest BCUT2D eigenvalue weighted by atomic mass is 10.2. The number of furan rings is 1. The van der Waals surface area contributed by atoms with Crippen molar-refractivity contribution in [1.29, 1.82) is 0 Å². The number of nitrogens with one attached hydrogen (secondary N) is 1. The van der Waals surface area contributed by atoms with Gasteiger partial charge in [-0.3, -0.25) is 19.8 Å². The minimum atomic E-state index is -0.664. The molecule has 1 amide bonds. The Morgan fingerprint density at radius 2 is 1.94 bits per heavy atom. The minimum Gasteiger partial charge on any atom is -0.494 e. The van der Waals surface area contributed by atoms with Gasteiger partial charge in [0.25, 0.3) is 5.91 Å². The molecule has 0 spiro atoms. The lowest BCUT2D eigenvalue weighted by Crippen LogP contribution is -2.30. The summed E-state index contributed by atoms with van der Waals surface area (Å²) in [5.41, 5.74) is 0.431. The van der Waals surface area contributed by atoms with E-state index in [9.17, 15) is 19.3 Å². The Morgan fingerprint density at radius 3 is 2.65 bits per heavy atom. The Kier molecular flexibility index (Phi) is 6.55. The van der Waals surface area contributed by atoms with Crippen LogP contribution >= 0.6 is 12.2 Å². The lowest BCUT2D eigenvalue weighted by molar-refractivity contribution is -0.386. The number of anilines is 1.